The van der Waals surface area contributed by atoms with Crippen LogP contribution < -0.4 is 5.32 Å². The highest BCUT2D eigenvalue weighted by Gasteiger charge is 2.43. The molecule has 5 heteroatoms. The standard InChI is InChI=1S/C13H17N3O2/c1-16-7-10-5-11(12(8-16)18-10)13(17)15-9-3-2-4-14-6-9/h2-4,6,10-12H,5,7-8H2,1H3,(H,15,17)/t10-,11-,12+/m0/s1. The number of hydrogen-bond acceptors (Lipinski definition) is 4. The van der Waals surface area contributed by atoms with Crippen molar-refractivity contribution in [1.82, 2.24) is 9.88 Å². The van der Waals surface area contributed by atoms with Crippen LogP contribution in [0.25, 0.3) is 0 Å². The van der Waals surface area contributed by atoms with E-state index in [-0.39, 0.29) is 24.0 Å². The van der Waals surface area contributed by atoms with E-state index in [1.165, 1.54) is 0 Å². The highest BCUT2D eigenvalue weighted by molar-refractivity contribution is 5.93. The first-order valence-corrected chi connectivity index (χ1v) is 6.27. The second-order valence-electron chi connectivity index (χ2n) is 5.09. The van der Waals surface area contributed by atoms with Crippen LogP contribution in [0.15, 0.2) is 24.5 Å². The maximum absolute atomic E-state index is 12.2. The zero-order valence-corrected chi connectivity index (χ0v) is 10.4. The van der Waals surface area contributed by atoms with Crippen LogP contribution in [0.3, 0.4) is 0 Å². The molecule has 1 aromatic heterocycles. The van der Waals surface area contributed by atoms with Crippen molar-refractivity contribution in [3.63, 3.8) is 0 Å². The van der Waals surface area contributed by atoms with Crippen LogP contribution in [-0.2, 0) is 9.53 Å². The fourth-order valence-electron chi connectivity index (χ4n) is 2.80. The van der Waals surface area contributed by atoms with Gasteiger partial charge in [0.05, 0.1) is 30.0 Å². The molecule has 3 heterocycles. The van der Waals surface area contributed by atoms with Crippen molar-refractivity contribution in [2.45, 2.75) is 18.6 Å². The summed E-state index contributed by atoms with van der Waals surface area (Å²) in [5.74, 6) is 0.00551. The fraction of sp³-hybridized carbons (Fsp3) is 0.538. The quantitative estimate of drug-likeness (QED) is 0.837. The SMILES string of the molecule is CN1C[C@@H]2C[C@H](C(=O)Nc3cccnc3)[C@@H](C1)O2. The van der Waals surface area contributed by atoms with Gasteiger partial charge in [-0.15, -0.1) is 0 Å². The minimum absolute atomic E-state index is 0.0328. The molecule has 1 amide bonds. The van der Waals surface area contributed by atoms with Crippen molar-refractivity contribution in [2.75, 3.05) is 25.5 Å². The highest BCUT2D eigenvalue weighted by atomic mass is 16.5. The number of nitrogens with one attached hydrogen (secondary N) is 1. The van der Waals surface area contributed by atoms with E-state index in [4.69, 9.17) is 4.74 Å². The lowest BCUT2D eigenvalue weighted by atomic mass is 9.99. The molecule has 2 fully saturated rings. The summed E-state index contributed by atoms with van der Waals surface area (Å²) in [5.41, 5.74) is 0.748. The summed E-state index contributed by atoms with van der Waals surface area (Å²) in [6.07, 6.45) is 4.41. The predicted molar refractivity (Wildman–Crippen MR) is 67.1 cm³/mol. The van der Waals surface area contributed by atoms with Crippen LogP contribution in [0.1, 0.15) is 6.42 Å². The van der Waals surface area contributed by atoms with Gasteiger partial charge in [-0.25, -0.2) is 0 Å². The number of anilines is 1. The van der Waals surface area contributed by atoms with Gasteiger partial charge in [0.15, 0.2) is 0 Å². The van der Waals surface area contributed by atoms with Gasteiger partial charge < -0.3 is 15.0 Å². The van der Waals surface area contributed by atoms with E-state index >= 15 is 0 Å². The van der Waals surface area contributed by atoms with E-state index in [1.54, 1.807) is 12.4 Å². The summed E-state index contributed by atoms with van der Waals surface area (Å²) in [6.45, 7) is 1.76. The van der Waals surface area contributed by atoms with Gasteiger partial charge in [0.2, 0.25) is 5.91 Å². The fourth-order valence-corrected chi connectivity index (χ4v) is 2.80. The van der Waals surface area contributed by atoms with E-state index in [0.717, 1.165) is 25.2 Å². The van der Waals surface area contributed by atoms with E-state index < -0.39 is 0 Å². The van der Waals surface area contributed by atoms with Gasteiger partial charge in [-0.05, 0) is 25.6 Å². The highest BCUT2D eigenvalue weighted by Crippen LogP contribution is 2.32. The monoisotopic (exact) mass is 247 g/mol. The number of hydrogen-bond donors (Lipinski definition) is 1. The van der Waals surface area contributed by atoms with Crippen molar-refractivity contribution < 1.29 is 9.53 Å². The molecule has 2 aliphatic heterocycles. The Labute approximate surface area is 106 Å². The van der Waals surface area contributed by atoms with E-state index in [0.29, 0.717) is 0 Å². The second kappa shape index (κ2) is 4.66. The molecule has 0 aromatic carbocycles. The Balaban J connectivity index is 1.67. The van der Waals surface area contributed by atoms with E-state index in [2.05, 4.69) is 22.2 Å². The number of pyridine rings is 1. The zero-order chi connectivity index (χ0) is 12.5. The van der Waals surface area contributed by atoms with Gasteiger partial charge in [0, 0.05) is 19.3 Å². The number of nitrogens with zero attached hydrogens (tertiary/aromatic N) is 2. The Morgan fingerprint density at radius 2 is 2.44 bits per heavy atom. The lowest BCUT2D eigenvalue weighted by Gasteiger charge is -2.29. The molecule has 1 aromatic rings. The Kier molecular flexibility index (Phi) is 3.01. The normalized spacial score (nSPS) is 31.3. The molecule has 2 aliphatic rings. The van der Waals surface area contributed by atoms with E-state index in [9.17, 15) is 4.79 Å². The first-order valence-electron chi connectivity index (χ1n) is 6.27. The van der Waals surface area contributed by atoms with Gasteiger partial charge in [-0.2, -0.15) is 0 Å². The molecule has 2 saturated heterocycles. The molecule has 1 N–H and O–H groups in total. The maximum Gasteiger partial charge on any atom is 0.230 e. The molecular weight excluding hydrogens is 230 g/mol. The molecule has 0 unspecified atom stereocenters. The molecule has 96 valence electrons. The van der Waals surface area contributed by atoms with Crippen molar-refractivity contribution in [1.29, 1.82) is 0 Å². The zero-order valence-electron chi connectivity index (χ0n) is 10.4. The topological polar surface area (TPSA) is 54.5 Å². The number of ether oxygens (including phenoxy) is 1. The number of likely N-dealkylation sites (N-methyl/N-ethyl adjacent to an activating group) is 1. The predicted octanol–water partition coefficient (Wildman–Crippen LogP) is 0.739. The Morgan fingerprint density at radius 3 is 3.22 bits per heavy atom. The molecule has 0 radical (unpaired) electrons. The van der Waals surface area contributed by atoms with Crippen LogP contribution >= 0.6 is 0 Å². The van der Waals surface area contributed by atoms with Crippen LogP contribution in [-0.4, -0.2) is 48.1 Å². The summed E-state index contributed by atoms with van der Waals surface area (Å²) < 4.78 is 5.82. The molecular formula is C13H17N3O2. The van der Waals surface area contributed by atoms with Gasteiger partial charge in [0.25, 0.3) is 0 Å². The number of amides is 1. The Hall–Kier alpha value is -1.46. The number of likely N-dealkylation sites (tertiary alicyclic amines) is 1. The number of carbonyl (C=O) groups excluding carboxylic acids is 1. The van der Waals surface area contributed by atoms with Crippen molar-refractivity contribution in [3.05, 3.63) is 24.5 Å². The van der Waals surface area contributed by atoms with Gasteiger partial charge >= 0.3 is 0 Å². The Morgan fingerprint density at radius 1 is 1.56 bits per heavy atom. The summed E-state index contributed by atoms with van der Waals surface area (Å²) >= 11 is 0. The maximum atomic E-state index is 12.2. The van der Waals surface area contributed by atoms with Crippen LogP contribution in [0.4, 0.5) is 5.69 Å². The van der Waals surface area contributed by atoms with Crippen molar-refractivity contribution in [3.8, 4) is 0 Å². The summed E-state index contributed by atoms with van der Waals surface area (Å²) in [5, 5.41) is 2.91. The minimum atomic E-state index is -0.0415. The van der Waals surface area contributed by atoms with Gasteiger partial charge in [-0.1, -0.05) is 0 Å². The average Bonchev–Trinajstić information content (AvgIpc) is 2.66. The Bertz CT molecular complexity index is 437. The van der Waals surface area contributed by atoms with Crippen LogP contribution in [0.5, 0.6) is 0 Å². The summed E-state index contributed by atoms with van der Waals surface area (Å²) in [6, 6.07) is 3.66. The third kappa shape index (κ3) is 2.23. The second-order valence-corrected chi connectivity index (χ2v) is 5.09. The first-order chi connectivity index (χ1) is 8.72. The van der Waals surface area contributed by atoms with E-state index in [1.807, 2.05) is 12.1 Å². The van der Waals surface area contributed by atoms with Crippen LogP contribution in [0.2, 0.25) is 0 Å². The lowest BCUT2D eigenvalue weighted by Crippen LogP contribution is -2.42. The number of morpholine rings is 1. The molecule has 0 spiro atoms. The molecule has 3 atom stereocenters. The van der Waals surface area contributed by atoms with Gasteiger partial charge in [-0.3, -0.25) is 9.78 Å². The number of aromatic nitrogens is 1. The molecule has 3 rings (SSSR count). The average molecular weight is 247 g/mol. The third-order valence-corrected chi connectivity index (χ3v) is 3.61. The molecule has 0 aliphatic carbocycles. The molecule has 5 nitrogen and oxygen atoms in total. The molecule has 2 bridgehead atoms. The third-order valence-electron chi connectivity index (χ3n) is 3.61. The number of rotatable bonds is 2. The minimum Gasteiger partial charge on any atom is -0.371 e. The molecule has 18 heavy (non-hydrogen) atoms. The first kappa shape index (κ1) is 11.6. The van der Waals surface area contributed by atoms with Crippen molar-refractivity contribution >= 4 is 11.6 Å². The largest absolute Gasteiger partial charge is 0.371 e. The number of carbonyl (C=O) groups is 1. The van der Waals surface area contributed by atoms with Crippen molar-refractivity contribution in [2.24, 2.45) is 5.92 Å². The molecule has 0 saturated carbocycles. The summed E-state index contributed by atoms with van der Waals surface area (Å²) in [7, 11) is 2.07. The van der Waals surface area contributed by atoms with Gasteiger partial charge in [0.1, 0.15) is 0 Å². The van der Waals surface area contributed by atoms with Crippen LogP contribution in [0, 0.1) is 5.92 Å². The smallest absolute Gasteiger partial charge is 0.230 e. The number of fused-ring (bicyclic) bond motifs is 2. The lowest BCUT2D eigenvalue weighted by molar-refractivity contribution is -0.122. The summed E-state index contributed by atoms with van der Waals surface area (Å²) in [4.78, 5) is 18.4.